The topological polar surface area (TPSA) is 55.8 Å². The lowest BCUT2D eigenvalue weighted by atomic mass is 10.1. The third kappa shape index (κ3) is 3.43. The SMILES string of the molecule is COc1ccc(C2SCCN2S(=O)(=O)c2cc(OC)c(C)cc2C)cc1. The molecule has 1 saturated heterocycles. The summed E-state index contributed by atoms with van der Waals surface area (Å²) in [6.45, 7) is 4.22. The molecule has 0 aromatic heterocycles. The Morgan fingerprint density at radius 2 is 1.73 bits per heavy atom. The fraction of sp³-hybridized carbons (Fsp3) is 0.368. The van der Waals surface area contributed by atoms with E-state index >= 15 is 0 Å². The summed E-state index contributed by atoms with van der Waals surface area (Å²) in [6.07, 6.45) is 0. The van der Waals surface area contributed by atoms with E-state index in [0.717, 1.165) is 28.2 Å². The number of ether oxygens (including phenoxy) is 2. The van der Waals surface area contributed by atoms with Gasteiger partial charge in [-0.3, -0.25) is 0 Å². The number of hydrogen-bond donors (Lipinski definition) is 0. The standard InChI is InChI=1S/C19H23NO4S2/c1-13-11-14(2)18(12-17(13)24-4)26(21,22)20-9-10-25-19(20)15-5-7-16(23-3)8-6-15/h5-8,11-12,19H,9-10H2,1-4H3. The van der Waals surface area contributed by atoms with Crippen molar-refractivity contribution in [2.75, 3.05) is 26.5 Å². The molecule has 1 atom stereocenters. The minimum Gasteiger partial charge on any atom is -0.497 e. The van der Waals surface area contributed by atoms with Crippen molar-refractivity contribution in [2.45, 2.75) is 24.1 Å². The van der Waals surface area contributed by atoms with E-state index in [2.05, 4.69) is 0 Å². The summed E-state index contributed by atoms with van der Waals surface area (Å²) in [4.78, 5) is 0.306. The monoisotopic (exact) mass is 393 g/mol. The second-order valence-corrected chi connectivity index (χ2v) is 9.25. The smallest absolute Gasteiger partial charge is 0.244 e. The zero-order chi connectivity index (χ0) is 18.9. The maximum absolute atomic E-state index is 13.4. The quantitative estimate of drug-likeness (QED) is 0.774. The number of hydrogen-bond acceptors (Lipinski definition) is 5. The van der Waals surface area contributed by atoms with E-state index in [-0.39, 0.29) is 5.37 Å². The molecule has 0 radical (unpaired) electrons. The van der Waals surface area contributed by atoms with Crippen molar-refractivity contribution in [1.29, 1.82) is 0 Å². The molecule has 3 rings (SSSR count). The van der Waals surface area contributed by atoms with Crippen molar-refractivity contribution in [2.24, 2.45) is 0 Å². The highest BCUT2D eigenvalue weighted by Crippen LogP contribution is 2.42. The number of benzene rings is 2. The number of aryl methyl sites for hydroxylation is 2. The zero-order valence-corrected chi connectivity index (χ0v) is 17.0. The maximum Gasteiger partial charge on any atom is 0.244 e. The molecule has 5 nitrogen and oxygen atoms in total. The van der Waals surface area contributed by atoms with Crippen molar-refractivity contribution in [3.63, 3.8) is 0 Å². The number of nitrogens with zero attached hydrogens (tertiary/aromatic N) is 1. The maximum atomic E-state index is 13.4. The van der Waals surface area contributed by atoms with Gasteiger partial charge in [0, 0.05) is 18.4 Å². The van der Waals surface area contributed by atoms with E-state index in [0.29, 0.717) is 17.2 Å². The second kappa shape index (κ2) is 7.50. The van der Waals surface area contributed by atoms with Crippen LogP contribution in [0.25, 0.3) is 0 Å². The van der Waals surface area contributed by atoms with Crippen LogP contribution < -0.4 is 9.47 Å². The van der Waals surface area contributed by atoms with Crippen LogP contribution in [-0.2, 0) is 10.0 Å². The largest absolute Gasteiger partial charge is 0.497 e. The normalized spacial score (nSPS) is 18.1. The number of methoxy groups -OCH3 is 2. The third-order valence-corrected chi connectivity index (χ3v) is 7.93. The molecule has 1 fully saturated rings. The van der Waals surface area contributed by atoms with Gasteiger partial charge in [0.15, 0.2) is 0 Å². The molecule has 7 heteroatoms. The van der Waals surface area contributed by atoms with Crippen molar-refractivity contribution >= 4 is 21.8 Å². The molecule has 2 aromatic carbocycles. The summed E-state index contributed by atoms with van der Waals surface area (Å²) >= 11 is 1.63. The van der Waals surface area contributed by atoms with E-state index in [9.17, 15) is 8.42 Å². The first-order chi connectivity index (χ1) is 12.4. The number of rotatable bonds is 5. The molecule has 0 aliphatic carbocycles. The first kappa shape index (κ1) is 19.1. The molecular weight excluding hydrogens is 370 g/mol. The Balaban J connectivity index is 2.00. The molecule has 0 N–H and O–H groups in total. The van der Waals surface area contributed by atoms with E-state index in [1.54, 1.807) is 36.4 Å². The van der Waals surface area contributed by atoms with Gasteiger partial charge in [-0.05, 0) is 42.7 Å². The summed E-state index contributed by atoms with van der Waals surface area (Å²) in [6, 6.07) is 11.1. The highest BCUT2D eigenvalue weighted by Gasteiger charge is 2.37. The Morgan fingerprint density at radius 1 is 1.04 bits per heavy atom. The molecule has 1 aliphatic heterocycles. The van der Waals surface area contributed by atoms with Crippen LogP contribution in [0.5, 0.6) is 11.5 Å². The molecule has 0 amide bonds. The van der Waals surface area contributed by atoms with Crippen LogP contribution >= 0.6 is 11.8 Å². The lowest BCUT2D eigenvalue weighted by Gasteiger charge is -2.25. The van der Waals surface area contributed by atoms with Gasteiger partial charge < -0.3 is 9.47 Å². The highest BCUT2D eigenvalue weighted by molar-refractivity contribution is 8.01. The molecule has 0 saturated carbocycles. The van der Waals surface area contributed by atoms with E-state index in [1.807, 2.05) is 44.2 Å². The van der Waals surface area contributed by atoms with Gasteiger partial charge in [0.1, 0.15) is 11.5 Å². The van der Waals surface area contributed by atoms with Gasteiger partial charge in [0.05, 0.1) is 24.5 Å². The first-order valence-electron chi connectivity index (χ1n) is 8.31. The molecule has 0 spiro atoms. The minimum atomic E-state index is -3.63. The Labute approximate surface area is 159 Å². The molecule has 1 aliphatic rings. The van der Waals surface area contributed by atoms with E-state index < -0.39 is 10.0 Å². The van der Waals surface area contributed by atoms with Crippen LogP contribution in [0.2, 0.25) is 0 Å². The summed E-state index contributed by atoms with van der Waals surface area (Å²) in [7, 11) is -0.460. The van der Waals surface area contributed by atoms with Crippen LogP contribution in [0.15, 0.2) is 41.3 Å². The molecule has 2 aromatic rings. The van der Waals surface area contributed by atoms with Crippen molar-refractivity contribution in [3.8, 4) is 11.5 Å². The van der Waals surface area contributed by atoms with Crippen molar-refractivity contribution in [1.82, 2.24) is 4.31 Å². The molecule has 26 heavy (non-hydrogen) atoms. The Morgan fingerprint density at radius 3 is 2.35 bits per heavy atom. The fourth-order valence-corrected chi connectivity index (χ4v) is 6.63. The highest BCUT2D eigenvalue weighted by atomic mass is 32.2. The molecule has 1 heterocycles. The molecule has 0 bridgehead atoms. The van der Waals surface area contributed by atoms with Gasteiger partial charge >= 0.3 is 0 Å². The summed E-state index contributed by atoms with van der Waals surface area (Å²) in [5.74, 6) is 2.10. The first-order valence-corrected chi connectivity index (χ1v) is 10.8. The zero-order valence-electron chi connectivity index (χ0n) is 15.4. The Bertz CT molecular complexity index is 895. The van der Waals surface area contributed by atoms with E-state index in [4.69, 9.17) is 9.47 Å². The predicted molar refractivity (Wildman–Crippen MR) is 105 cm³/mol. The van der Waals surface area contributed by atoms with Crippen LogP contribution in [-0.4, -0.2) is 39.2 Å². The van der Waals surface area contributed by atoms with Gasteiger partial charge in [-0.2, -0.15) is 4.31 Å². The van der Waals surface area contributed by atoms with Gasteiger partial charge in [0.2, 0.25) is 10.0 Å². The molecule has 140 valence electrons. The van der Waals surface area contributed by atoms with Crippen LogP contribution in [0.4, 0.5) is 0 Å². The lowest BCUT2D eigenvalue weighted by Crippen LogP contribution is -2.31. The summed E-state index contributed by atoms with van der Waals surface area (Å²) in [5.41, 5.74) is 2.61. The fourth-order valence-electron chi connectivity index (χ4n) is 3.17. The third-order valence-electron chi connectivity index (χ3n) is 4.53. The minimum absolute atomic E-state index is 0.238. The average molecular weight is 394 g/mol. The number of sulfonamides is 1. The van der Waals surface area contributed by atoms with Gasteiger partial charge in [-0.1, -0.05) is 18.2 Å². The van der Waals surface area contributed by atoms with Gasteiger partial charge in [-0.25, -0.2) is 8.42 Å². The Kier molecular flexibility index (Phi) is 5.50. The summed E-state index contributed by atoms with van der Waals surface area (Å²) < 4.78 is 38.9. The van der Waals surface area contributed by atoms with Crippen molar-refractivity contribution in [3.05, 3.63) is 53.1 Å². The van der Waals surface area contributed by atoms with Crippen molar-refractivity contribution < 1.29 is 17.9 Å². The van der Waals surface area contributed by atoms with Crippen LogP contribution in [0, 0.1) is 13.8 Å². The van der Waals surface area contributed by atoms with Gasteiger partial charge in [-0.15, -0.1) is 11.8 Å². The van der Waals surface area contributed by atoms with Gasteiger partial charge in [0.25, 0.3) is 0 Å². The molecular formula is C19H23NO4S2. The van der Waals surface area contributed by atoms with E-state index in [1.165, 1.54) is 0 Å². The second-order valence-electron chi connectivity index (χ2n) is 6.20. The summed E-state index contributed by atoms with van der Waals surface area (Å²) in [5, 5.41) is -0.238. The predicted octanol–water partition coefficient (Wildman–Crippen LogP) is 3.76. The van der Waals surface area contributed by atoms with Crippen LogP contribution in [0.3, 0.4) is 0 Å². The Hall–Kier alpha value is -1.70. The van der Waals surface area contributed by atoms with Crippen LogP contribution in [0.1, 0.15) is 22.1 Å². The lowest BCUT2D eigenvalue weighted by molar-refractivity contribution is 0.407. The average Bonchev–Trinajstić information content (AvgIpc) is 3.12. The molecule has 1 unspecified atom stereocenters. The number of thioether (sulfide) groups is 1.